The second kappa shape index (κ2) is 6.31. The van der Waals surface area contributed by atoms with Crippen LogP contribution in [0.2, 0.25) is 0 Å². The van der Waals surface area contributed by atoms with Crippen molar-refractivity contribution in [3.8, 4) is 0 Å². The van der Waals surface area contributed by atoms with Crippen molar-refractivity contribution in [3.05, 3.63) is 53.6 Å². The molecule has 0 heterocycles. The zero-order valence-electron chi connectivity index (χ0n) is 12.5. The summed E-state index contributed by atoms with van der Waals surface area (Å²) in [6.45, 7) is 5.66. The van der Waals surface area contributed by atoms with Gasteiger partial charge in [-0.1, -0.05) is 17.7 Å². The smallest absolute Gasteiger partial charge is 0.340 e. The van der Waals surface area contributed by atoms with E-state index in [1.54, 1.807) is 18.2 Å². The number of nitrogens with one attached hydrogen (secondary N) is 1. The van der Waals surface area contributed by atoms with Crippen molar-refractivity contribution in [1.82, 2.24) is 0 Å². The lowest BCUT2D eigenvalue weighted by Crippen LogP contribution is -2.13. The third kappa shape index (κ3) is 3.99. The predicted molar refractivity (Wildman–Crippen MR) is 85.9 cm³/mol. The average Bonchev–Trinajstić information content (AvgIpc) is 2.42. The minimum absolute atomic E-state index is 0.175. The molecule has 4 heteroatoms. The highest BCUT2D eigenvalue weighted by Crippen LogP contribution is 2.24. The van der Waals surface area contributed by atoms with E-state index in [9.17, 15) is 4.79 Å². The van der Waals surface area contributed by atoms with Gasteiger partial charge in [0.05, 0.1) is 17.4 Å². The number of carbonyl (C=O) groups excluding carboxylic acids is 1. The molecule has 2 rings (SSSR count). The maximum atomic E-state index is 12.2. The number of rotatable bonds is 4. The number of ether oxygens (including phenoxy) is 1. The highest BCUT2D eigenvalue weighted by atomic mass is 16.5. The molecule has 2 aromatic rings. The number of hydrogen-bond donors (Lipinski definition) is 2. The Morgan fingerprint density at radius 3 is 2.43 bits per heavy atom. The average molecular weight is 284 g/mol. The quantitative estimate of drug-likeness (QED) is 0.660. The lowest BCUT2D eigenvalue weighted by atomic mass is 10.1. The van der Waals surface area contributed by atoms with Crippen molar-refractivity contribution in [2.75, 3.05) is 11.1 Å². The summed E-state index contributed by atoms with van der Waals surface area (Å²) in [6.07, 6.45) is -0.175. The first-order valence-electron chi connectivity index (χ1n) is 6.90. The molecule has 0 spiro atoms. The molecule has 0 unspecified atom stereocenters. The molecule has 2 aromatic carbocycles. The minimum atomic E-state index is -0.382. The third-order valence-electron chi connectivity index (χ3n) is 2.94. The molecular formula is C17H20N2O2. The second-order valence-corrected chi connectivity index (χ2v) is 5.25. The van der Waals surface area contributed by atoms with Crippen LogP contribution < -0.4 is 11.1 Å². The van der Waals surface area contributed by atoms with E-state index in [4.69, 9.17) is 10.5 Å². The van der Waals surface area contributed by atoms with Crippen molar-refractivity contribution < 1.29 is 9.53 Å². The summed E-state index contributed by atoms with van der Waals surface area (Å²) >= 11 is 0. The molecule has 0 bridgehead atoms. The van der Waals surface area contributed by atoms with Gasteiger partial charge in [-0.15, -0.1) is 0 Å². The molecular weight excluding hydrogens is 264 g/mol. The SMILES string of the molecule is Cc1ccc(Nc2ccc(N)cc2C(=O)OC(C)C)cc1. The Morgan fingerprint density at radius 1 is 1.14 bits per heavy atom. The molecule has 3 N–H and O–H groups in total. The van der Waals surface area contributed by atoms with Gasteiger partial charge in [-0.3, -0.25) is 0 Å². The largest absolute Gasteiger partial charge is 0.459 e. The van der Waals surface area contributed by atoms with Crippen LogP contribution in [0, 0.1) is 6.92 Å². The minimum Gasteiger partial charge on any atom is -0.459 e. The summed E-state index contributed by atoms with van der Waals surface area (Å²) in [5.41, 5.74) is 9.50. The van der Waals surface area contributed by atoms with Crippen LogP contribution >= 0.6 is 0 Å². The third-order valence-corrected chi connectivity index (χ3v) is 2.94. The molecule has 0 aromatic heterocycles. The first-order valence-corrected chi connectivity index (χ1v) is 6.90. The summed E-state index contributed by atoms with van der Waals surface area (Å²) < 4.78 is 5.25. The van der Waals surface area contributed by atoms with E-state index in [-0.39, 0.29) is 12.1 Å². The number of esters is 1. The van der Waals surface area contributed by atoms with Crippen molar-refractivity contribution in [2.45, 2.75) is 26.9 Å². The van der Waals surface area contributed by atoms with Crippen LogP contribution in [0.1, 0.15) is 29.8 Å². The fraction of sp³-hybridized carbons (Fsp3) is 0.235. The Hall–Kier alpha value is -2.49. The summed E-state index contributed by atoms with van der Waals surface area (Å²) in [6, 6.07) is 13.1. The van der Waals surface area contributed by atoms with E-state index in [0.717, 1.165) is 5.69 Å². The maximum absolute atomic E-state index is 12.2. The first kappa shape index (κ1) is 14.9. The summed E-state index contributed by atoms with van der Waals surface area (Å²) in [5, 5.41) is 3.22. The molecule has 0 saturated heterocycles. The summed E-state index contributed by atoms with van der Waals surface area (Å²) in [5.74, 6) is -0.382. The molecule has 4 nitrogen and oxygen atoms in total. The molecule has 0 atom stereocenters. The van der Waals surface area contributed by atoms with Crippen LogP contribution in [0.15, 0.2) is 42.5 Å². The molecule has 0 saturated carbocycles. The van der Waals surface area contributed by atoms with Crippen LogP contribution in [0.5, 0.6) is 0 Å². The van der Waals surface area contributed by atoms with Gasteiger partial charge in [0.25, 0.3) is 0 Å². The molecule has 0 fully saturated rings. The fourth-order valence-corrected chi connectivity index (χ4v) is 1.91. The zero-order valence-corrected chi connectivity index (χ0v) is 12.5. The topological polar surface area (TPSA) is 64.3 Å². The van der Waals surface area contributed by atoms with Crippen molar-refractivity contribution in [3.63, 3.8) is 0 Å². The van der Waals surface area contributed by atoms with Gasteiger partial charge in [0, 0.05) is 11.4 Å². The van der Waals surface area contributed by atoms with E-state index in [0.29, 0.717) is 16.9 Å². The number of hydrogen-bond acceptors (Lipinski definition) is 4. The Kier molecular flexibility index (Phi) is 4.48. The summed E-state index contributed by atoms with van der Waals surface area (Å²) in [4.78, 5) is 12.2. The molecule has 0 aliphatic heterocycles. The maximum Gasteiger partial charge on any atom is 0.340 e. The monoisotopic (exact) mass is 284 g/mol. The fourth-order valence-electron chi connectivity index (χ4n) is 1.91. The van der Waals surface area contributed by atoms with Crippen LogP contribution in [0.3, 0.4) is 0 Å². The van der Waals surface area contributed by atoms with Crippen LogP contribution in [0.25, 0.3) is 0 Å². The Morgan fingerprint density at radius 2 is 1.81 bits per heavy atom. The van der Waals surface area contributed by atoms with Gasteiger partial charge in [0.15, 0.2) is 0 Å². The highest BCUT2D eigenvalue weighted by molar-refractivity contribution is 5.97. The Labute approximate surface area is 124 Å². The summed E-state index contributed by atoms with van der Waals surface area (Å²) in [7, 11) is 0. The Balaban J connectivity index is 2.30. The number of aryl methyl sites for hydroxylation is 1. The van der Waals surface area contributed by atoms with Gasteiger partial charge in [-0.2, -0.15) is 0 Å². The normalized spacial score (nSPS) is 10.5. The number of anilines is 3. The number of nitrogens with two attached hydrogens (primary N) is 1. The van der Waals surface area contributed by atoms with Crippen molar-refractivity contribution in [2.24, 2.45) is 0 Å². The standard InChI is InChI=1S/C17H20N2O2/c1-11(2)21-17(20)15-10-13(18)6-9-16(15)19-14-7-4-12(3)5-8-14/h4-11,19H,18H2,1-3H3. The predicted octanol–water partition coefficient (Wildman–Crippen LogP) is 3.89. The van der Waals surface area contributed by atoms with Gasteiger partial charge < -0.3 is 15.8 Å². The van der Waals surface area contributed by atoms with Gasteiger partial charge in [-0.05, 0) is 51.1 Å². The second-order valence-electron chi connectivity index (χ2n) is 5.25. The zero-order chi connectivity index (χ0) is 15.4. The number of carbonyl (C=O) groups is 1. The van der Waals surface area contributed by atoms with Crippen LogP contribution in [0.4, 0.5) is 17.1 Å². The van der Waals surface area contributed by atoms with Gasteiger partial charge in [0.2, 0.25) is 0 Å². The van der Waals surface area contributed by atoms with E-state index < -0.39 is 0 Å². The van der Waals surface area contributed by atoms with E-state index in [1.807, 2.05) is 45.0 Å². The number of benzene rings is 2. The molecule has 0 aliphatic rings. The van der Waals surface area contributed by atoms with Gasteiger partial charge in [0.1, 0.15) is 0 Å². The lowest BCUT2D eigenvalue weighted by Gasteiger charge is -2.14. The molecule has 0 radical (unpaired) electrons. The first-order chi connectivity index (χ1) is 9.95. The molecule has 0 aliphatic carbocycles. The molecule has 21 heavy (non-hydrogen) atoms. The van der Waals surface area contributed by atoms with Gasteiger partial charge in [-0.25, -0.2) is 4.79 Å². The highest BCUT2D eigenvalue weighted by Gasteiger charge is 2.15. The van der Waals surface area contributed by atoms with E-state index in [1.165, 1.54) is 5.56 Å². The van der Waals surface area contributed by atoms with Crippen molar-refractivity contribution in [1.29, 1.82) is 0 Å². The van der Waals surface area contributed by atoms with E-state index >= 15 is 0 Å². The van der Waals surface area contributed by atoms with Crippen LogP contribution in [-0.2, 0) is 4.74 Å². The number of nitrogen functional groups attached to an aromatic ring is 1. The van der Waals surface area contributed by atoms with Crippen LogP contribution in [-0.4, -0.2) is 12.1 Å². The van der Waals surface area contributed by atoms with E-state index in [2.05, 4.69) is 5.32 Å². The van der Waals surface area contributed by atoms with Gasteiger partial charge >= 0.3 is 5.97 Å². The lowest BCUT2D eigenvalue weighted by molar-refractivity contribution is 0.0379. The molecule has 0 amide bonds. The molecule has 110 valence electrons. The van der Waals surface area contributed by atoms with Crippen molar-refractivity contribution >= 4 is 23.0 Å². The Bertz CT molecular complexity index is 634.